The summed E-state index contributed by atoms with van der Waals surface area (Å²) in [5.74, 6) is -0.103. The fourth-order valence-corrected chi connectivity index (χ4v) is 2.56. The molecule has 1 heterocycles. The van der Waals surface area contributed by atoms with Crippen LogP contribution in [0.2, 0.25) is 0 Å². The Morgan fingerprint density at radius 3 is 2.94 bits per heavy atom. The van der Waals surface area contributed by atoms with Gasteiger partial charge >= 0.3 is 0 Å². The molecule has 0 radical (unpaired) electrons. The fraction of sp³-hybridized carbons (Fsp3) is 0.385. The Morgan fingerprint density at radius 1 is 1.50 bits per heavy atom. The maximum atomic E-state index is 12.0. The van der Waals surface area contributed by atoms with Crippen LogP contribution in [0.15, 0.2) is 33.7 Å². The third kappa shape index (κ3) is 2.90. The Labute approximate surface area is 114 Å². The zero-order valence-electron chi connectivity index (χ0n) is 10.1. The summed E-state index contributed by atoms with van der Waals surface area (Å²) >= 11 is 3.31. The van der Waals surface area contributed by atoms with Gasteiger partial charge in [-0.1, -0.05) is 12.2 Å². The maximum absolute atomic E-state index is 12.0. The van der Waals surface area contributed by atoms with Crippen LogP contribution in [-0.4, -0.2) is 10.5 Å². The van der Waals surface area contributed by atoms with Crippen molar-refractivity contribution in [2.24, 2.45) is 13.0 Å². The van der Waals surface area contributed by atoms with E-state index < -0.39 is 0 Å². The highest BCUT2D eigenvalue weighted by Crippen LogP contribution is 2.20. The molecule has 0 saturated heterocycles. The molecule has 0 spiro atoms. The SMILES string of the molecule is Cn1cc(Br)cc(NC(=O)C2CC=CCC2)c1=O. The lowest BCUT2D eigenvalue weighted by Gasteiger charge is -2.17. The van der Waals surface area contributed by atoms with Crippen molar-refractivity contribution in [2.45, 2.75) is 19.3 Å². The van der Waals surface area contributed by atoms with Crippen LogP contribution in [0.4, 0.5) is 5.69 Å². The molecule has 1 amide bonds. The molecule has 1 aliphatic carbocycles. The van der Waals surface area contributed by atoms with E-state index in [1.54, 1.807) is 19.3 Å². The number of rotatable bonds is 2. The molecule has 96 valence electrons. The maximum Gasteiger partial charge on any atom is 0.274 e. The molecule has 0 bridgehead atoms. The molecule has 0 saturated carbocycles. The van der Waals surface area contributed by atoms with E-state index in [9.17, 15) is 9.59 Å². The molecule has 0 aromatic carbocycles. The highest BCUT2D eigenvalue weighted by atomic mass is 79.9. The number of hydrogen-bond acceptors (Lipinski definition) is 2. The summed E-state index contributed by atoms with van der Waals surface area (Å²) in [5.41, 5.74) is 0.129. The van der Waals surface area contributed by atoms with Crippen LogP contribution in [0.1, 0.15) is 19.3 Å². The number of carbonyl (C=O) groups excluding carboxylic acids is 1. The number of aryl methyl sites for hydroxylation is 1. The van der Waals surface area contributed by atoms with Crippen LogP contribution in [0.3, 0.4) is 0 Å². The number of halogens is 1. The third-order valence-corrected chi connectivity index (χ3v) is 3.48. The number of hydrogen-bond donors (Lipinski definition) is 1. The molecule has 0 aliphatic heterocycles. The first-order valence-corrected chi connectivity index (χ1v) is 6.69. The Bertz CT molecular complexity index is 548. The molecule has 1 unspecified atom stereocenters. The number of nitrogens with zero attached hydrogens (tertiary/aromatic N) is 1. The van der Waals surface area contributed by atoms with Crippen molar-refractivity contribution in [2.75, 3.05) is 5.32 Å². The molecule has 0 fully saturated rings. The first-order valence-electron chi connectivity index (χ1n) is 5.90. The molecule has 18 heavy (non-hydrogen) atoms. The van der Waals surface area contributed by atoms with Gasteiger partial charge in [0.05, 0.1) is 0 Å². The molecule has 2 rings (SSSR count). The average molecular weight is 311 g/mol. The minimum atomic E-state index is -0.196. The summed E-state index contributed by atoms with van der Waals surface area (Å²) < 4.78 is 2.21. The highest BCUT2D eigenvalue weighted by Gasteiger charge is 2.19. The third-order valence-electron chi connectivity index (χ3n) is 3.05. The molecular formula is C13H15BrN2O2. The number of anilines is 1. The monoisotopic (exact) mass is 310 g/mol. The van der Waals surface area contributed by atoms with Gasteiger partial charge in [-0.2, -0.15) is 0 Å². The minimum Gasteiger partial charge on any atom is -0.321 e. The quantitative estimate of drug-likeness (QED) is 0.853. The van der Waals surface area contributed by atoms with Crippen molar-refractivity contribution in [1.82, 2.24) is 4.57 Å². The Kier molecular flexibility index (Phi) is 4.01. The van der Waals surface area contributed by atoms with Crippen LogP contribution in [0, 0.1) is 5.92 Å². The lowest BCUT2D eigenvalue weighted by Crippen LogP contribution is -2.28. The van der Waals surface area contributed by atoms with Crippen LogP contribution < -0.4 is 10.9 Å². The summed E-state index contributed by atoms with van der Waals surface area (Å²) in [7, 11) is 1.66. The van der Waals surface area contributed by atoms with Gasteiger partial charge in [0.2, 0.25) is 5.91 Å². The van der Waals surface area contributed by atoms with Crippen molar-refractivity contribution >= 4 is 27.5 Å². The molecular weight excluding hydrogens is 296 g/mol. The van der Waals surface area contributed by atoms with E-state index in [0.717, 1.165) is 23.7 Å². The van der Waals surface area contributed by atoms with Crippen molar-refractivity contribution in [3.8, 4) is 0 Å². The fourth-order valence-electron chi connectivity index (χ4n) is 2.03. The Hall–Kier alpha value is -1.36. The van der Waals surface area contributed by atoms with Gasteiger partial charge in [-0.05, 0) is 41.3 Å². The van der Waals surface area contributed by atoms with Crippen molar-refractivity contribution in [1.29, 1.82) is 0 Å². The summed E-state index contributed by atoms with van der Waals surface area (Å²) in [6.07, 6.45) is 8.29. The van der Waals surface area contributed by atoms with E-state index in [1.165, 1.54) is 4.57 Å². The Balaban J connectivity index is 2.16. The zero-order valence-corrected chi connectivity index (χ0v) is 11.7. The van der Waals surface area contributed by atoms with Crippen LogP contribution in [-0.2, 0) is 11.8 Å². The second-order valence-electron chi connectivity index (χ2n) is 4.46. The molecule has 5 heteroatoms. The number of allylic oxidation sites excluding steroid dienone is 2. The lowest BCUT2D eigenvalue weighted by molar-refractivity contribution is -0.120. The van der Waals surface area contributed by atoms with E-state index >= 15 is 0 Å². The van der Waals surface area contributed by atoms with Crippen molar-refractivity contribution in [3.63, 3.8) is 0 Å². The topological polar surface area (TPSA) is 51.1 Å². The Morgan fingerprint density at radius 2 is 2.28 bits per heavy atom. The largest absolute Gasteiger partial charge is 0.321 e. The van der Waals surface area contributed by atoms with Gasteiger partial charge in [-0.3, -0.25) is 9.59 Å². The van der Waals surface area contributed by atoms with Crippen LogP contribution >= 0.6 is 15.9 Å². The summed E-state index contributed by atoms with van der Waals surface area (Å²) in [5, 5.41) is 2.73. The second kappa shape index (κ2) is 5.52. The second-order valence-corrected chi connectivity index (χ2v) is 5.37. The number of pyridine rings is 1. The molecule has 1 aromatic heterocycles. The molecule has 1 N–H and O–H groups in total. The number of amides is 1. The summed E-state index contributed by atoms with van der Waals surface area (Å²) in [4.78, 5) is 23.9. The standard InChI is InChI=1S/C13H15BrN2O2/c1-16-8-10(14)7-11(13(16)18)15-12(17)9-5-3-2-4-6-9/h2-3,7-9H,4-6H2,1H3,(H,15,17). The molecule has 1 aromatic rings. The predicted molar refractivity (Wildman–Crippen MR) is 74.5 cm³/mol. The van der Waals surface area contributed by atoms with E-state index in [0.29, 0.717) is 5.69 Å². The van der Waals surface area contributed by atoms with Crippen LogP contribution in [0.25, 0.3) is 0 Å². The van der Waals surface area contributed by atoms with E-state index in [-0.39, 0.29) is 17.4 Å². The minimum absolute atomic E-state index is 0.0290. The zero-order chi connectivity index (χ0) is 13.1. The molecule has 1 atom stereocenters. The van der Waals surface area contributed by atoms with E-state index in [4.69, 9.17) is 0 Å². The smallest absolute Gasteiger partial charge is 0.274 e. The average Bonchev–Trinajstić information content (AvgIpc) is 2.36. The van der Waals surface area contributed by atoms with Gasteiger partial charge in [0, 0.05) is 23.6 Å². The normalized spacial score (nSPS) is 18.7. The van der Waals surface area contributed by atoms with Crippen molar-refractivity contribution in [3.05, 3.63) is 39.2 Å². The first kappa shape index (κ1) is 13.1. The first-order chi connectivity index (χ1) is 8.58. The lowest BCUT2D eigenvalue weighted by atomic mass is 9.93. The van der Waals surface area contributed by atoms with Gasteiger partial charge in [0.25, 0.3) is 5.56 Å². The summed E-state index contributed by atoms with van der Waals surface area (Å²) in [6.45, 7) is 0. The van der Waals surface area contributed by atoms with E-state index in [1.807, 2.05) is 6.08 Å². The number of nitrogens with one attached hydrogen (secondary N) is 1. The van der Waals surface area contributed by atoms with Gasteiger partial charge in [-0.15, -0.1) is 0 Å². The predicted octanol–water partition coefficient (Wildman–Crippen LogP) is 2.44. The number of aromatic nitrogens is 1. The molecule has 4 nitrogen and oxygen atoms in total. The van der Waals surface area contributed by atoms with Crippen LogP contribution in [0.5, 0.6) is 0 Å². The van der Waals surface area contributed by atoms with Gasteiger partial charge in [0.1, 0.15) is 5.69 Å². The van der Waals surface area contributed by atoms with Gasteiger partial charge < -0.3 is 9.88 Å². The highest BCUT2D eigenvalue weighted by molar-refractivity contribution is 9.10. The van der Waals surface area contributed by atoms with E-state index in [2.05, 4.69) is 27.3 Å². The van der Waals surface area contributed by atoms with Gasteiger partial charge in [0.15, 0.2) is 0 Å². The van der Waals surface area contributed by atoms with Gasteiger partial charge in [-0.25, -0.2) is 0 Å². The molecule has 1 aliphatic rings. The summed E-state index contributed by atoms with van der Waals surface area (Å²) in [6, 6.07) is 1.64. The number of carbonyl (C=O) groups is 1. The van der Waals surface area contributed by atoms with Crippen molar-refractivity contribution < 1.29 is 4.79 Å².